The van der Waals surface area contributed by atoms with Gasteiger partial charge in [-0.15, -0.1) is 5.10 Å². The van der Waals surface area contributed by atoms with E-state index in [1.807, 2.05) is 38.4 Å². The number of hydrogen-bond acceptors (Lipinski definition) is 7. The summed E-state index contributed by atoms with van der Waals surface area (Å²) in [5.41, 5.74) is 8.44. The quantitative estimate of drug-likeness (QED) is 0.290. The summed E-state index contributed by atoms with van der Waals surface area (Å²) in [5, 5.41) is 8.60. The smallest absolute Gasteiger partial charge is 0.306 e. The molecule has 8 heteroatoms. The van der Waals surface area contributed by atoms with Gasteiger partial charge in [-0.1, -0.05) is 36.4 Å². The van der Waals surface area contributed by atoms with Crippen molar-refractivity contribution in [1.29, 1.82) is 0 Å². The van der Waals surface area contributed by atoms with Crippen molar-refractivity contribution in [3.63, 3.8) is 0 Å². The van der Waals surface area contributed by atoms with Gasteiger partial charge in [0.1, 0.15) is 17.4 Å². The normalized spacial score (nSPS) is 16.4. The molecule has 2 aromatic carbocycles. The van der Waals surface area contributed by atoms with Crippen molar-refractivity contribution in [3.8, 4) is 5.75 Å². The maximum Gasteiger partial charge on any atom is 0.306 e. The van der Waals surface area contributed by atoms with E-state index in [0.29, 0.717) is 6.61 Å². The molecule has 0 spiro atoms. The van der Waals surface area contributed by atoms with Crippen LogP contribution >= 0.6 is 0 Å². The molecule has 0 radical (unpaired) electrons. The fourth-order valence-corrected chi connectivity index (χ4v) is 5.50. The molecule has 4 aromatic rings. The highest BCUT2D eigenvalue weighted by atomic mass is 16.5. The van der Waals surface area contributed by atoms with Crippen LogP contribution in [0.5, 0.6) is 5.75 Å². The number of ether oxygens (including phenoxy) is 2. The lowest BCUT2D eigenvalue weighted by atomic mass is 9.84. The molecular formula is C31H37N5O3. The van der Waals surface area contributed by atoms with Crippen molar-refractivity contribution < 1.29 is 14.3 Å². The predicted octanol–water partition coefficient (Wildman–Crippen LogP) is 5.24. The molecule has 1 aliphatic heterocycles. The molecule has 0 amide bonds. The number of carbonyl (C=O) groups is 1. The van der Waals surface area contributed by atoms with Crippen molar-refractivity contribution in [1.82, 2.24) is 24.9 Å². The molecule has 39 heavy (non-hydrogen) atoms. The van der Waals surface area contributed by atoms with Gasteiger partial charge in [-0.05, 0) is 73.2 Å². The Labute approximate surface area is 229 Å². The van der Waals surface area contributed by atoms with Crippen molar-refractivity contribution in [2.24, 2.45) is 7.05 Å². The topological polar surface area (TPSA) is 82.4 Å². The number of fused-ring (bicyclic) bond motifs is 2. The predicted molar refractivity (Wildman–Crippen MR) is 151 cm³/mol. The summed E-state index contributed by atoms with van der Waals surface area (Å²) in [5.74, 6) is 0.510. The molecule has 0 bridgehead atoms. The second-order valence-corrected chi connectivity index (χ2v) is 10.4. The van der Waals surface area contributed by atoms with E-state index < -0.39 is 0 Å². The van der Waals surface area contributed by atoms with E-state index in [9.17, 15) is 4.79 Å². The van der Waals surface area contributed by atoms with Crippen molar-refractivity contribution in [2.45, 2.75) is 65.6 Å². The number of pyridine rings is 1. The van der Waals surface area contributed by atoms with Gasteiger partial charge in [0.2, 0.25) is 0 Å². The Hall–Kier alpha value is -3.78. The highest BCUT2D eigenvalue weighted by Crippen LogP contribution is 2.35. The first-order valence-electron chi connectivity index (χ1n) is 13.7. The number of nitrogens with zero attached hydrogens (tertiary/aromatic N) is 5. The minimum atomic E-state index is -0.207. The highest BCUT2D eigenvalue weighted by molar-refractivity contribution is 5.80. The monoisotopic (exact) mass is 527 g/mol. The van der Waals surface area contributed by atoms with Crippen LogP contribution in [0, 0.1) is 13.8 Å². The van der Waals surface area contributed by atoms with Gasteiger partial charge in [0, 0.05) is 38.8 Å². The summed E-state index contributed by atoms with van der Waals surface area (Å²) in [6, 6.07) is 14.6. The zero-order valence-corrected chi connectivity index (χ0v) is 23.5. The van der Waals surface area contributed by atoms with Gasteiger partial charge in [0.05, 0.1) is 24.2 Å². The molecular weight excluding hydrogens is 490 g/mol. The van der Waals surface area contributed by atoms with Crippen LogP contribution in [0.3, 0.4) is 0 Å². The van der Waals surface area contributed by atoms with Gasteiger partial charge >= 0.3 is 5.97 Å². The largest absolute Gasteiger partial charge is 0.487 e. The average Bonchev–Trinajstić information content (AvgIpc) is 3.20. The molecule has 0 fully saturated rings. The highest BCUT2D eigenvalue weighted by Gasteiger charge is 2.26. The third-order valence-electron chi connectivity index (χ3n) is 7.73. The molecule has 0 saturated carbocycles. The zero-order valence-electron chi connectivity index (χ0n) is 23.5. The van der Waals surface area contributed by atoms with E-state index in [-0.39, 0.29) is 24.4 Å². The first-order valence-corrected chi connectivity index (χ1v) is 13.7. The molecule has 0 saturated heterocycles. The van der Waals surface area contributed by atoms with Gasteiger partial charge in [0.25, 0.3) is 0 Å². The van der Waals surface area contributed by atoms with E-state index in [1.54, 1.807) is 4.68 Å². The SMILES string of the molecule is CCOC(=O)C[C@H](c1ccc(C)c(CN2Cc3ncccc3OC(CC)C2)c1)c1ccc2c(nnn2C)c1C. The van der Waals surface area contributed by atoms with Gasteiger partial charge in [-0.3, -0.25) is 14.7 Å². The molecule has 2 atom stereocenters. The lowest BCUT2D eigenvalue weighted by Gasteiger charge is -2.25. The third-order valence-corrected chi connectivity index (χ3v) is 7.73. The van der Waals surface area contributed by atoms with Crippen LogP contribution in [0.1, 0.15) is 66.1 Å². The van der Waals surface area contributed by atoms with Crippen molar-refractivity contribution in [2.75, 3.05) is 13.2 Å². The molecule has 0 aliphatic carbocycles. The van der Waals surface area contributed by atoms with Gasteiger partial charge in [-0.2, -0.15) is 0 Å². The number of carbonyl (C=O) groups excluding carboxylic acids is 1. The molecule has 1 aliphatic rings. The number of benzene rings is 2. The summed E-state index contributed by atoms with van der Waals surface area (Å²) in [4.78, 5) is 19.8. The number of hydrogen-bond donors (Lipinski definition) is 0. The van der Waals surface area contributed by atoms with E-state index in [1.165, 1.54) is 11.1 Å². The molecule has 0 N–H and O–H groups in total. The number of esters is 1. The Kier molecular flexibility index (Phi) is 7.93. The Morgan fingerprint density at radius 2 is 2.03 bits per heavy atom. The minimum absolute atomic E-state index is 0.108. The third kappa shape index (κ3) is 5.66. The Bertz CT molecular complexity index is 1480. The second kappa shape index (κ2) is 11.5. The number of aromatic nitrogens is 4. The number of rotatable bonds is 8. The van der Waals surface area contributed by atoms with Crippen molar-refractivity contribution in [3.05, 3.63) is 82.2 Å². The Morgan fingerprint density at radius 3 is 2.82 bits per heavy atom. The summed E-state index contributed by atoms with van der Waals surface area (Å²) in [6.45, 7) is 10.9. The van der Waals surface area contributed by atoms with Crippen LogP contribution in [-0.2, 0) is 29.7 Å². The average molecular weight is 528 g/mol. The molecule has 3 heterocycles. The van der Waals surface area contributed by atoms with Crippen LogP contribution in [0.15, 0.2) is 48.7 Å². The molecule has 2 aromatic heterocycles. The summed E-state index contributed by atoms with van der Waals surface area (Å²) >= 11 is 0. The standard InChI is InChI=1S/C31H37N5O3/c1-6-24-18-36(19-27-29(39-24)9-8-14-32-27)17-23-15-22(11-10-20(23)3)26(16-30(37)38-7-2)25-12-13-28-31(21(25)4)33-34-35(28)5/h8-15,24,26H,6-7,16-19H2,1-5H3/t24?,26-/m1/s1. The molecule has 204 valence electrons. The Balaban J connectivity index is 1.50. The van der Waals surface area contributed by atoms with Crippen LogP contribution in [-0.4, -0.2) is 50.1 Å². The van der Waals surface area contributed by atoms with Gasteiger partial charge in [0.15, 0.2) is 0 Å². The van der Waals surface area contributed by atoms with Gasteiger partial charge < -0.3 is 9.47 Å². The minimum Gasteiger partial charge on any atom is -0.487 e. The zero-order chi connectivity index (χ0) is 27.5. The fourth-order valence-electron chi connectivity index (χ4n) is 5.50. The van der Waals surface area contributed by atoms with E-state index in [2.05, 4.69) is 65.2 Å². The molecule has 1 unspecified atom stereocenters. The molecule has 5 rings (SSSR count). The maximum absolute atomic E-state index is 12.8. The molecule has 8 nitrogen and oxygen atoms in total. The van der Waals surface area contributed by atoms with E-state index in [0.717, 1.165) is 65.2 Å². The summed E-state index contributed by atoms with van der Waals surface area (Å²) < 4.78 is 13.4. The van der Waals surface area contributed by atoms with Gasteiger partial charge in [-0.25, -0.2) is 4.68 Å². The summed E-state index contributed by atoms with van der Waals surface area (Å²) in [7, 11) is 1.89. The number of aryl methyl sites for hydroxylation is 3. The summed E-state index contributed by atoms with van der Waals surface area (Å²) in [6.07, 6.45) is 3.12. The van der Waals surface area contributed by atoms with Crippen molar-refractivity contribution >= 4 is 17.0 Å². The first kappa shape index (κ1) is 26.8. The van der Waals surface area contributed by atoms with Crippen LogP contribution in [0.2, 0.25) is 0 Å². The van der Waals surface area contributed by atoms with E-state index in [4.69, 9.17) is 9.47 Å². The first-order chi connectivity index (χ1) is 18.9. The maximum atomic E-state index is 12.8. The van der Waals surface area contributed by atoms with Crippen LogP contribution < -0.4 is 4.74 Å². The van der Waals surface area contributed by atoms with Crippen LogP contribution in [0.4, 0.5) is 0 Å². The fraction of sp³-hybridized carbons (Fsp3) is 0.419. The van der Waals surface area contributed by atoms with Crippen LogP contribution in [0.25, 0.3) is 11.0 Å². The lowest BCUT2D eigenvalue weighted by Crippen LogP contribution is -2.32. The Morgan fingerprint density at radius 1 is 1.18 bits per heavy atom. The van der Waals surface area contributed by atoms with E-state index >= 15 is 0 Å². The lowest BCUT2D eigenvalue weighted by molar-refractivity contribution is -0.143. The second-order valence-electron chi connectivity index (χ2n) is 10.4.